The first kappa shape index (κ1) is 16.3. The van der Waals surface area contributed by atoms with Crippen LogP contribution in [0.2, 0.25) is 0 Å². The number of benzene rings is 1. The van der Waals surface area contributed by atoms with E-state index in [1.54, 1.807) is 12.4 Å². The topological polar surface area (TPSA) is 97.3 Å². The summed E-state index contributed by atoms with van der Waals surface area (Å²) in [7, 11) is 0. The average molecular weight is 389 g/mol. The van der Waals surface area contributed by atoms with Gasteiger partial charge in [-0.15, -0.1) is 0 Å². The van der Waals surface area contributed by atoms with Crippen LogP contribution in [0.4, 0.5) is 0 Å². The smallest absolute Gasteiger partial charge is 0.278 e. The summed E-state index contributed by atoms with van der Waals surface area (Å²) in [5.41, 5.74) is 3.45. The number of nitrogens with zero attached hydrogens (tertiary/aromatic N) is 5. The second-order valence-electron chi connectivity index (χ2n) is 6.77. The Kier molecular flexibility index (Phi) is 3.60. The van der Waals surface area contributed by atoms with Crippen molar-refractivity contribution in [3.63, 3.8) is 0 Å². The highest BCUT2D eigenvalue weighted by Gasteiger charge is 2.26. The summed E-state index contributed by atoms with van der Waals surface area (Å²) in [5, 5.41) is 8.69. The summed E-state index contributed by atoms with van der Waals surface area (Å²) in [6, 6.07) is 11.4. The summed E-state index contributed by atoms with van der Waals surface area (Å²) in [4.78, 5) is 8.46. The van der Waals surface area contributed by atoms with E-state index in [2.05, 4.69) is 20.2 Å². The molecule has 1 aromatic carbocycles. The second kappa shape index (κ2) is 6.42. The van der Waals surface area contributed by atoms with Gasteiger partial charge in [0.05, 0.1) is 18.8 Å². The number of hydrogen-bond acceptors (Lipinski definition) is 8. The van der Waals surface area contributed by atoms with E-state index in [1.807, 2.05) is 41.1 Å². The summed E-state index contributed by atoms with van der Waals surface area (Å²) >= 11 is 0. The molecule has 6 rings (SSSR count). The van der Waals surface area contributed by atoms with E-state index in [4.69, 9.17) is 18.7 Å². The van der Waals surface area contributed by atoms with E-state index in [0.717, 1.165) is 28.3 Å². The lowest BCUT2D eigenvalue weighted by molar-refractivity contribution is -0.00122. The summed E-state index contributed by atoms with van der Waals surface area (Å²) in [6.07, 6.45) is 3.25. The first-order chi connectivity index (χ1) is 14.3. The Balaban J connectivity index is 1.26. The van der Waals surface area contributed by atoms with Gasteiger partial charge in [0, 0.05) is 18.0 Å². The first-order valence-electron chi connectivity index (χ1n) is 9.16. The molecule has 5 heterocycles. The maximum absolute atomic E-state index is 6.04. The Bertz CT molecular complexity index is 1190. The van der Waals surface area contributed by atoms with Crippen LogP contribution in [0.15, 0.2) is 53.3 Å². The van der Waals surface area contributed by atoms with Crippen molar-refractivity contribution in [2.75, 3.05) is 6.79 Å². The van der Waals surface area contributed by atoms with Gasteiger partial charge in [-0.05, 0) is 35.9 Å². The van der Waals surface area contributed by atoms with Gasteiger partial charge < -0.3 is 18.7 Å². The Morgan fingerprint density at radius 2 is 1.90 bits per heavy atom. The number of rotatable bonds is 3. The number of fused-ring (bicyclic) bond motifs is 2. The molecule has 0 amide bonds. The Morgan fingerprint density at radius 3 is 2.83 bits per heavy atom. The first-order valence-corrected chi connectivity index (χ1v) is 9.16. The summed E-state index contributed by atoms with van der Waals surface area (Å²) in [5.74, 6) is 2.38. The molecule has 9 heteroatoms. The lowest BCUT2D eigenvalue weighted by Gasteiger charge is -2.24. The lowest BCUT2D eigenvalue weighted by atomic mass is 10.1. The second-order valence-corrected chi connectivity index (χ2v) is 6.77. The molecule has 0 radical (unpaired) electrons. The van der Waals surface area contributed by atoms with Crippen LogP contribution in [0.3, 0.4) is 0 Å². The maximum atomic E-state index is 6.04. The van der Waals surface area contributed by atoms with Crippen molar-refractivity contribution in [3.05, 3.63) is 60.0 Å². The van der Waals surface area contributed by atoms with Crippen LogP contribution in [0, 0.1) is 0 Å². The van der Waals surface area contributed by atoms with Crippen molar-refractivity contribution in [3.8, 4) is 34.5 Å². The molecule has 3 aromatic heterocycles. The van der Waals surface area contributed by atoms with Crippen molar-refractivity contribution in [1.29, 1.82) is 0 Å². The van der Waals surface area contributed by atoms with Crippen molar-refractivity contribution < 1.29 is 18.7 Å². The molecule has 1 unspecified atom stereocenters. The molecule has 2 aliphatic rings. The molecule has 29 heavy (non-hydrogen) atoms. The minimum Gasteiger partial charge on any atom is -0.454 e. The molecule has 2 aliphatic heterocycles. The third-order valence-electron chi connectivity index (χ3n) is 4.99. The number of hydrogen-bond donors (Lipinski definition) is 0. The van der Waals surface area contributed by atoms with E-state index < -0.39 is 0 Å². The van der Waals surface area contributed by atoms with Crippen molar-refractivity contribution in [2.45, 2.75) is 19.3 Å². The Morgan fingerprint density at radius 1 is 1.00 bits per heavy atom. The third kappa shape index (κ3) is 2.83. The van der Waals surface area contributed by atoms with Crippen LogP contribution in [-0.2, 0) is 17.9 Å². The molecule has 0 saturated carbocycles. The fraction of sp³-hybridized carbons (Fsp3) is 0.200. The minimum absolute atomic E-state index is 0.125. The molecule has 9 nitrogen and oxygen atoms in total. The van der Waals surface area contributed by atoms with Crippen LogP contribution in [0.5, 0.6) is 11.5 Å². The lowest BCUT2D eigenvalue weighted by Crippen LogP contribution is -2.21. The Labute approximate surface area is 164 Å². The van der Waals surface area contributed by atoms with Gasteiger partial charge >= 0.3 is 0 Å². The quantitative estimate of drug-likeness (QED) is 0.527. The molecular weight excluding hydrogens is 374 g/mol. The van der Waals surface area contributed by atoms with Gasteiger partial charge in [-0.1, -0.05) is 11.2 Å². The molecule has 1 atom stereocenters. The van der Waals surface area contributed by atoms with Crippen LogP contribution < -0.4 is 9.47 Å². The summed E-state index contributed by atoms with van der Waals surface area (Å²) in [6.45, 7) is 1.28. The molecule has 0 bridgehead atoms. The van der Waals surface area contributed by atoms with E-state index >= 15 is 0 Å². The zero-order valence-electron chi connectivity index (χ0n) is 15.2. The normalized spacial score (nSPS) is 17.3. The largest absolute Gasteiger partial charge is 0.454 e. The molecule has 0 saturated heterocycles. The average Bonchev–Trinajstić information content (AvgIpc) is 3.52. The van der Waals surface area contributed by atoms with Gasteiger partial charge in [0.2, 0.25) is 12.6 Å². The van der Waals surface area contributed by atoms with Gasteiger partial charge in [-0.3, -0.25) is 9.67 Å². The molecule has 144 valence electrons. The van der Waals surface area contributed by atoms with E-state index in [1.165, 1.54) is 0 Å². The van der Waals surface area contributed by atoms with Crippen LogP contribution in [-0.4, -0.2) is 31.7 Å². The molecule has 0 aliphatic carbocycles. The highest BCUT2D eigenvalue weighted by molar-refractivity contribution is 5.57. The number of pyridine rings is 1. The molecule has 4 aromatic rings. The van der Waals surface area contributed by atoms with Gasteiger partial charge in [-0.2, -0.15) is 10.1 Å². The SMILES string of the molecule is c1cc(-c2noc(-c3cc4n(n3)CC(c3ccc5c(c3)OCO5)OC4)n2)ccn1. The molecule has 0 fully saturated rings. The van der Waals surface area contributed by atoms with Crippen LogP contribution in [0.1, 0.15) is 17.4 Å². The predicted octanol–water partition coefficient (Wildman–Crippen LogP) is 3.00. The van der Waals surface area contributed by atoms with E-state index in [9.17, 15) is 0 Å². The minimum atomic E-state index is -0.125. The Hall–Kier alpha value is -3.72. The van der Waals surface area contributed by atoms with Crippen LogP contribution in [0.25, 0.3) is 23.0 Å². The van der Waals surface area contributed by atoms with Gasteiger partial charge in [0.25, 0.3) is 5.89 Å². The standard InChI is InChI=1S/C20H15N5O4/c1-2-16-17(28-11-27-16)7-13(1)18-9-25-14(10-26-18)8-15(23-25)20-22-19(24-29-20)12-3-5-21-6-4-12/h1-8,18H,9-11H2. The molecular formula is C20H15N5O4. The maximum Gasteiger partial charge on any atom is 0.278 e. The predicted molar refractivity (Wildman–Crippen MR) is 98.8 cm³/mol. The highest BCUT2D eigenvalue weighted by Crippen LogP contribution is 2.37. The van der Waals surface area contributed by atoms with Crippen LogP contribution >= 0.6 is 0 Å². The third-order valence-corrected chi connectivity index (χ3v) is 4.99. The number of aromatic nitrogens is 5. The van der Waals surface area contributed by atoms with Gasteiger partial charge in [-0.25, -0.2) is 0 Å². The van der Waals surface area contributed by atoms with E-state index in [-0.39, 0.29) is 12.9 Å². The highest BCUT2D eigenvalue weighted by atomic mass is 16.7. The van der Waals surface area contributed by atoms with Gasteiger partial charge in [0.1, 0.15) is 6.10 Å². The fourth-order valence-electron chi connectivity index (χ4n) is 3.49. The zero-order valence-corrected chi connectivity index (χ0v) is 15.2. The molecule has 0 N–H and O–H groups in total. The fourth-order valence-corrected chi connectivity index (χ4v) is 3.49. The van der Waals surface area contributed by atoms with Crippen molar-refractivity contribution >= 4 is 0 Å². The summed E-state index contributed by atoms with van der Waals surface area (Å²) < 4.78 is 24.2. The van der Waals surface area contributed by atoms with Crippen molar-refractivity contribution in [1.82, 2.24) is 24.9 Å². The molecule has 0 spiro atoms. The zero-order chi connectivity index (χ0) is 19.2. The van der Waals surface area contributed by atoms with E-state index in [0.29, 0.717) is 30.6 Å². The van der Waals surface area contributed by atoms with Gasteiger partial charge in [0.15, 0.2) is 17.2 Å². The van der Waals surface area contributed by atoms with Crippen molar-refractivity contribution in [2.24, 2.45) is 0 Å². The number of ether oxygens (including phenoxy) is 3. The monoisotopic (exact) mass is 389 g/mol.